The van der Waals surface area contributed by atoms with Gasteiger partial charge in [-0.2, -0.15) is 0 Å². The van der Waals surface area contributed by atoms with Crippen LogP contribution >= 0.6 is 15.9 Å². The van der Waals surface area contributed by atoms with Crippen molar-refractivity contribution in [3.8, 4) is 36.6 Å². The standard InChI is InChI=1S/C7H6O2.C5H5BrO2.C3H4/c1-3-6-4-5-7(8-2)9-6;1-7-5-3-2-4(6)8-5;1-3-2/h1,4-5H,2H3;2-3H,1H3;1H,2H3. The second kappa shape index (κ2) is 10.7. The molecule has 0 aliphatic carbocycles. The lowest BCUT2D eigenvalue weighted by atomic mass is 10.5. The van der Waals surface area contributed by atoms with Crippen LogP contribution in [-0.4, -0.2) is 14.2 Å². The van der Waals surface area contributed by atoms with Crippen molar-refractivity contribution in [2.45, 2.75) is 6.92 Å². The summed E-state index contributed by atoms with van der Waals surface area (Å²) in [5.41, 5.74) is 0. The first-order valence-electron chi connectivity index (χ1n) is 5.38. The minimum atomic E-state index is 0.447. The molecule has 0 bridgehead atoms. The Morgan fingerprint density at radius 1 is 1.00 bits per heavy atom. The second-order valence-corrected chi connectivity index (χ2v) is 3.80. The zero-order valence-electron chi connectivity index (χ0n) is 11.5. The molecule has 0 unspecified atom stereocenters. The molecule has 2 aromatic heterocycles. The lowest BCUT2D eigenvalue weighted by Gasteiger charge is -1.87. The van der Waals surface area contributed by atoms with E-state index in [1.54, 1.807) is 38.3 Å². The van der Waals surface area contributed by atoms with Crippen LogP contribution in [0.3, 0.4) is 0 Å². The molecule has 0 spiro atoms. The van der Waals surface area contributed by atoms with E-state index >= 15 is 0 Å². The van der Waals surface area contributed by atoms with Gasteiger partial charge in [0, 0.05) is 12.1 Å². The van der Waals surface area contributed by atoms with Crippen LogP contribution < -0.4 is 9.47 Å². The number of hydrogen-bond acceptors (Lipinski definition) is 4. The smallest absolute Gasteiger partial charge is 0.285 e. The van der Waals surface area contributed by atoms with Gasteiger partial charge in [-0.1, -0.05) is 0 Å². The van der Waals surface area contributed by atoms with Crippen molar-refractivity contribution < 1.29 is 18.3 Å². The fraction of sp³-hybridized carbons (Fsp3) is 0.200. The van der Waals surface area contributed by atoms with Crippen LogP contribution in [0, 0.1) is 24.7 Å². The molecule has 0 saturated carbocycles. The van der Waals surface area contributed by atoms with Gasteiger partial charge in [0.25, 0.3) is 11.9 Å². The van der Waals surface area contributed by atoms with Crippen LogP contribution in [0.15, 0.2) is 37.8 Å². The van der Waals surface area contributed by atoms with E-state index in [1.165, 1.54) is 7.11 Å². The highest BCUT2D eigenvalue weighted by molar-refractivity contribution is 9.10. The van der Waals surface area contributed by atoms with E-state index in [0.717, 1.165) is 0 Å². The molecule has 0 atom stereocenters. The van der Waals surface area contributed by atoms with Crippen LogP contribution in [0.4, 0.5) is 0 Å². The molecular formula is C15H15BrO4. The molecule has 0 aromatic carbocycles. The minimum Gasteiger partial charge on any atom is -0.468 e. The first kappa shape index (κ1) is 17.8. The number of methoxy groups -OCH3 is 2. The van der Waals surface area contributed by atoms with Crippen molar-refractivity contribution in [1.82, 2.24) is 0 Å². The zero-order valence-corrected chi connectivity index (χ0v) is 13.1. The number of hydrogen-bond donors (Lipinski definition) is 0. The van der Waals surface area contributed by atoms with Crippen LogP contribution in [-0.2, 0) is 0 Å². The first-order valence-corrected chi connectivity index (χ1v) is 6.17. The Labute approximate surface area is 127 Å². The molecule has 0 aliphatic rings. The van der Waals surface area contributed by atoms with Gasteiger partial charge < -0.3 is 18.3 Å². The van der Waals surface area contributed by atoms with Crippen molar-refractivity contribution in [2.24, 2.45) is 0 Å². The van der Waals surface area contributed by atoms with Gasteiger partial charge in [-0.15, -0.1) is 18.8 Å². The van der Waals surface area contributed by atoms with Crippen molar-refractivity contribution in [1.29, 1.82) is 0 Å². The average molecular weight is 339 g/mol. The Hall–Kier alpha value is -2.24. The van der Waals surface area contributed by atoms with E-state index < -0.39 is 0 Å². The normalized spacial score (nSPS) is 7.90. The maximum absolute atomic E-state index is 5.02. The summed E-state index contributed by atoms with van der Waals surface area (Å²) < 4.78 is 20.0. The van der Waals surface area contributed by atoms with Crippen LogP contribution in [0.1, 0.15) is 12.7 Å². The van der Waals surface area contributed by atoms with Gasteiger partial charge >= 0.3 is 0 Å². The molecule has 0 amide bonds. The maximum Gasteiger partial charge on any atom is 0.285 e. The molecule has 20 heavy (non-hydrogen) atoms. The molecule has 106 valence electrons. The van der Waals surface area contributed by atoms with Crippen LogP contribution in [0.5, 0.6) is 11.9 Å². The molecule has 0 N–H and O–H groups in total. The van der Waals surface area contributed by atoms with E-state index in [1.807, 2.05) is 0 Å². The maximum atomic E-state index is 5.02. The summed E-state index contributed by atoms with van der Waals surface area (Å²) in [4.78, 5) is 0. The van der Waals surface area contributed by atoms with E-state index in [0.29, 0.717) is 22.3 Å². The van der Waals surface area contributed by atoms with Crippen molar-refractivity contribution >= 4 is 15.9 Å². The Morgan fingerprint density at radius 2 is 1.50 bits per heavy atom. The minimum absolute atomic E-state index is 0.447. The third-order valence-electron chi connectivity index (χ3n) is 1.67. The number of ether oxygens (including phenoxy) is 2. The molecule has 2 rings (SSSR count). The molecular weight excluding hydrogens is 324 g/mol. The largest absolute Gasteiger partial charge is 0.468 e. The average Bonchev–Trinajstić information content (AvgIpc) is 3.08. The third kappa shape index (κ3) is 7.25. The molecule has 2 heterocycles. The zero-order chi connectivity index (χ0) is 15.4. The summed E-state index contributed by atoms with van der Waals surface area (Å²) in [6.45, 7) is 1.65. The predicted molar refractivity (Wildman–Crippen MR) is 80.7 cm³/mol. The quantitative estimate of drug-likeness (QED) is 0.777. The molecule has 0 fully saturated rings. The highest BCUT2D eigenvalue weighted by Crippen LogP contribution is 2.19. The predicted octanol–water partition coefficient (Wildman–Crippen LogP) is 3.96. The topological polar surface area (TPSA) is 44.7 Å². The SMILES string of the molecule is C#CC.C#Cc1ccc(OC)o1.COc1ccc(Br)o1. The summed E-state index contributed by atoms with van der Waals surface area (Å²) >= 11 is 3.13. The third-order valence-corrected chi connectivity index (χ3v) is 2.10. The highest BCUT2D eigenvalue weighted by atomic mass is 79.9. The van der Waals surface area contributed by atoms with Gasteiger partial charge in [0.2, 0.25) is 0 Å². The van der Waals surface area contributed by atoms with E-state index in [9.17, 15) is 0 Å². The van der Waals surface area contributed by atoms with Gasteiger partial charge in [-0.25, -0.2) is 0 Å². The lowest BCUT2D eigenvalue weighted by molar-refractivity contribution is 0.299. The Balaban J connectivity index is 0.000000304. The fourth-order valence-electron chi connectivity index (χ4n) is 0.915. The molecule has 0 radical (unpaired) electrons. The first-order chi connectivity index (χ1) is 9.60. The Morgan fingerprint density at radius 3 is 1.75 bits per heavy atom. The second-order valence-electron chi connectivity index (χ2n) is 3.02. The molecule has 2 aromatic rings. The number of furan rings is 2. The number of rotatable bonds is 2. The van der Waals surface area contributed by atoms with Crippen molar-refractivity contribution in [2.75, 3.05) is 14.2 Å². The number of terminal acetylenes is 2. The molecule has 4 nitrogen and oxygen atoms in total. The Bertz CT molecular complexity index is 569. The molecule has 0 aliphatic heterocycles. The number of halogens is 1. The van der Waals surface area contributed by atoms with Gasteiger partial charge in [-0.3, -0.25) is 0 Å². The molecule has 0 saturated heterocycles. The summed E-state index contributed by atoms with van der Waals surface area (Å²) in [5.74, 6) is 6.05. The summed E-state index contributed by atoms with van der Waals surface area (Å²) in [6, 6.07) is 6.87. The van der Waals surface area contributed by atoms with Gasteiger partial charge in [-0.05, 0) is 40.9 Å². The van der Waals surface area contributed by atoms with Gasteiger partial charge in [0.15, 0.2) is 10.4 Å². The van der Waals surface area contributed by atoms with Gasteiger partial charge in [0.1, 0.15) is 0 Å². The van der Waals surface area contributed by atoms with Crippen LogP contribution in [0.2, 0.25) is 0 Å². The summed E-state index contributed by atoms with van der Waals surface area (Å²) in [5, 5.41) is 0. The van der Waals surface area contributed by atoms with Gasteiger partial charge in [0.05, 0.1) is 14.2 Å². The van der Waals surface area contributed by atoms with E-state index in [-0.39, 0.29) is 0 Å². The lowest BCUT2D eigenvalue weighted by Crippen LogP contribution is -1.75. The fourth-order valence-corrected chi connectivity index (χ4v) is 1.21. The van der Waals surface area contributed by atoms with Crippen molar-refractivity contribution in [3.63, 3.8) is 0 Å². The molecule has 5 heteroatoms. The highest BCUT2D eigenvalue weighted by Gasteiger charge is 1.95. The summed E-state index contributed by atoms with van der Waals surface area (Å²) in [7, 11) is 3.09. The van der Waals surface area contributed by atoms with E-state index in [4.69, 9.17) is 24.7 Å². The van der Waals surface area contributed by atoms with Crippen LogP contribution in [0.25, 0.3) is 0 Å². The van der Waals surface area contributed by atoms with E-state index in [2.05, 4.69) is 34.2 Å². The Kier molecular flexibility index (Phi) is 9.47. The van der Waals surface area contributed by atoms with Crippen molar-refractivity contribution in [3.05, 3.63) is 34.7 Å². The monoisotopic (exact) mass is 338 g/mol. The summed E-state index contributed by atoms with van der Waals surface area (Å²) in [6.07, 6.45) is 9.62.